The van der Waals surface area contributed by atoms with Gasteiger partial charge in [0.15, 0.2) is 0 Å². The molecule has 0 radical (unpaired) electrons. The third-order valence-electron chi connectivity index (χ3n) is 1.10. The molecule has 1 aromatic carbocycles. The SMILES string of the molecule is NSc1ccc(F)cc1N. The van der Waals surface area contributed by atoms with Crippen molar-refractivity contribution in [3.63, 3.8) is 0 Å². The first-order valence-electron chi connectivity index (χ1n) is 2.66. The van der Waals surface area contributed by atoms with Crippen molar-refractivity contribution in [2.45, 2.75) is 4.90 Å². The van der Waals surface area contributed by atoms with Crippen molar-refractivity contribution in [1.82, 2.24) is 0 Å². The van der Waals surface area contributed by atoms with Crippen LogP contribution in [-0.2, 0) is 0 Å². The van der Waals surface area contributed by atoms with Crippen molar-refractivity contribution in [1.29, 1.82) is 0 Å². The van der Waals surface area contributed by atoms with E-state index in [9.17, 15) is 4.39 Å². The fourth-order valence-electron chi connectivity index (χ4n) is 0.627. The van der Waals surface area contributed by atoms with E-state index in [0.717, 1.165) is 11.9 Å². The second kappa shape index (κ2) is 2.90. The van der Waals surface area contributed by atoms with Gasteiger partial charge in [-0.25, -0.2) is 4.39 Å². The summed E-state index contributed by atoms with van der Waals surface area (Å²) < 4.78 is 12.4. The zero-order valence-corrected chi connectivity index (χ0v) is 5.99. The van der Waals surface area contributed by atoms with Gasteiger partial charge in [-0.15, -0.1) is 0 Å². The summed E-state index contributed by atoms with van der Waals surface area (Å²) in [5, 5.41) is 5.21. The van der Waals surface area contributed by atoms with Gasteiger partial charge in [0, 0.05) is 10.6 Å². The molecule has 1 aromatic rings. The van der Waals surface area contributed by atoms with Crippen molar-refractivity contribution < 1.29 is 4.39 Å². The van der Waals surface area contributed by atoms with Crippen molar-refractivity contribution in [2.75, 3.05) is 5.73 Å². The minimum absolute atomic E-state index is 0.338. The topological polar surface area (TPSA) is 52.0 Å². The summed E-state index contributed by atoms with van der Waals surface area (Å²) in [5.41, 5.74) is 5.77. The summed E-state index contributed by atoms with van der Waals surface area (Å²) in [6.45, 7) is 0. The van der Waals surface area contributed by atoms with Gasteiger partial charge in [-0.05, 0) is 30.1 Å². The zero-order valence-electron chi connectivity index (χ0n) is 5.17. The second-order valence-electron chi connectivity index (χ2n) is 1.80. The van der Waals surface area contributed by atoms with E-state index in [0.29, 0.717) is 10.6 Å². The highest BCUT2D eigenvalue weighted by atomic mass is 32.2. The number of benzene rings is 1. The molecule has 54 valence electrons. The van der Waals surface area contributed by atoms with Crippen LogP contribution in [0.2, 0.25) is 0 Å². The number of nitrogens with two attached hydrogens (primary N) is 2. The number of halogens is 1. The molecule has 0 aliphatic rings. The fraction of sp³-hybridized carbons (Fsp3) is 0. The Morgan fingerprint density at radius 3 is 2.60 bits per heavy atom. The molecule has 10 heavy (non-hydrogen) atoms. The first kappa shape index (κ1) is 7.37. The lowest BCUT2D eigenvalue weighted by molar-refractivity contribution is 0.627. The second-order valence-corrected chi connectivity index (χ2v) is 2.48. The average Bonchev–Trinajstić information content (AvgIpc) is 1.88. The Balaban J connectivity index is 3.07. The highest BCUT2D eigenvalue weighted by Crippen LogP contribution is 2.20. The van der Waals surface area contributed by atoms with E-state index >= 15 is 0 Å². The van der Waals surface area contributed by atoms with Crippen LogP contribution in [0, 0.1) is 5.82 Å². The van der Waals surface area contributed by atoms with Crippen molar-refractivity contribution in [3.05, 3.63) is 24.0 Å². The lowest BCUT2D eigenvalue weighted by atomic mass is 10.3. The maximum atomic E-state index is 12.4. The minimum atomic E-state index is -0.338. The zero-order chi connectivity index (χ0) is 7.56. The predicted molar refractivity (Wildman–Crippen MR) is 40.9 cm³/mol. The molecule has 0 heterocycles. The summed E-state index contributed by atoms with van der Waals surface area (Å²) >= 11 is 1.01. The number of rotatable bonds is 1. The van der Waals surface area contributed by atoms with Gasteiger partial charge in [0.1, 0.15) is 5.82 Å². The molecule has 0 spiro atoms. The molecule has 0 aliphatic heterocycles. The minimum Gasteiger partial charge on any atom is -0.398 e. The van der Waals surface area contributed by atoms with Crippen molar-refractivity contribution in [2.24, 2.45) is 5.14 Å². The van der Waals surface area contributed by atoms with Gasteiger partial charge in [0.2, 0.25) is 0 Å². The lowest BCUT2D eigenvalue weighted by Gasteiger charge is -1.99. The monoisotopic (exact) mass is 158 g/mol. The van der Waals surface area contributed by atoms with Gasteiger partial charge in [-0.1, -0.05) is 0 Å². The standard InChI is InChI=1S/C6H7FN2S/c7-4-1-2-6(10-9)5(8)3-4/h1-3H,8-9H2. The van der Waals surface area contributed by atoms with Crippen molar-refractivity contribution in [3.8, 4) is 0 Å². The largest absolute Gasteiger partial charge is 0.398 e. The van der Waals surface area contributed by atoms with E-state index in [-0.39, 0.29) is 5.82 Å². The van der Waals surface area contributed by atoms with E-state index in [1.54, 1.807) is 6.07 Å². The van der Waals surface area contributed by atoms with Gasteiger partial charge < -0.3 is 5.73 Å². The van der Waals surface area contributed by atoms with Crippen LogP contribution in [0.15, 0.2) is 23.1 Å². The normalized spacial score (nSPS) is 9.80. The molecule has 4 heteroatoms. The first-order chi connectivity index (χ1) is 4.74. The summed E-state index contributed by atoms with van der Waals surface area (Å²) in [5.74, 6) is -0.338. The lowest BCUT2D eigenvalue weighted by Crippen LogP contribution is -1.91. The maximum absolute atomic E-state index is 12.4. The molecule has 0 aliphatic carbocycles. The van der Waals surface area contributed by atoms with Crippen LogP contribution in [0.25, 0.3) is 0 Å². The highest BCUT2D eigenvalue weighted by molar-refractivity contribution is 7.97. The van der Waals surface area contributed by atoms with Gasteiger partial charge >= 0.3 is 0 Å². The van der Waals surface area contributed by atoms with E-state index in [4.69, 9.17) is 10.9 Å². The quantitative estimate of drug-likeness (QED) is 0.479. The Labute approximate surface area is 62.5 Å². The Morgan fingerprint density at radius 2 is 2.10 bits per heavy atom. The third-order valence-corrected chi connectivity index (χ3v) is 1.72. The molecular weight excluding hydrogens is 151 g/mol. The van der Waals surface area contributed by atoms with E-state index in [1.807, 2.05) is 0 Å². The van der Waals surface area contributed by atoms with Crippen LogP contribution >= 0.6 is 11.9 Å². The highest BCUT2D eigenvalue weighted by Gasteiger charge is 1.97. The molecule has 0 atom stereocenters. The van der Waals surface area contributed by atoms with Crippen LogP contribution in [0.3, 0.4) is 0 Å². The average molecular weight is 158 g/mol. The fourth-order valence-corrected chi connectivity index (χ4v) is 0.968. The van der Waals surface area contributed by atoms with E-state index < -0.39 is 0 Å². The first-order valence-corrected chi connectivity index (χ1v) is 3.54. The molecule has 0 amide bonds. The molecule has 1 rings (SSSR count). The van der Waals surface area contributed by atoms with E-state index in [1.165, 1.54) is 12.1 Å². The maximum Gasteiger partial charge on any atom is 0.125 e. The van der Waals surface area contributed by atoms with Crippen LogP contribution in [0.1, 0.15) is 0 Å². The summed E-state index contributed by atoms with van der Waals surface area (Å²) in [6, 6.07) is 4.12. The molecule has 0 fully saturated rings. The molecule has 4 N–H and O–H groups in total. The Kier molecular flexibility index (Phi) is 2.13. The van der Waals surface area contributed by atoms with Crippen LogP contribution in [0.4, 0.5) is 10.1 Å². The molecule has 0 aromatic heterocycles. The van der Waals surface area contributed by atoms with Gasteiger partial charge in [-0.3, -0.25) is 5.14 Å². The summed E-state index contributed by atoms with van der Waals surface area (Å²) in [7, 11) is 0. The van der Waals surface area contributed by atoms with Crippen LogP contribution in [-0.4, -0.2) is 0 Å². The van der Waals surface area contributed by atoms with Crippen LogP contribution < -0.4 is 10.9 Å². The Morgan fingerprint density at radius 1 is 1.40 bits per heavy atom. The molecule has 0 saturated carbocycles. The molecule has 2 nitrogen and oxygen atoms in total. The number of anilines is 1. The summed E-state index contributed by atoms with van der Waals surface area (Å²) in [4.78, 5) is 0.696. The number of nitrogen functional groups attached to an aromatic ring is 1. The molecule has 0 bridgehead atoms. The smallest absolute Gasteiger partial charge is 0.125 e. The number of hydrogen-bond donors (Lipinski definition) is 2. The Hall–Kier alpha value is -0.740. The van der Waals surface area contributed by atoms with Crippen LogP contribution in [0.5, 0.6) is 0 Å². The molecule has 0 unspecified atom stereocenters. The molecular formula is C6H7FN2S. The van der Waals surface area contributed by atoms with E-state index in [2.05, 4.69) is 0 Å². The third kappa shape index (κ3) is 1.40. The molecule has 0 saturated heterocycles. The van der Waals surface area contributed by atoms with Crippen molar-refractivity contribution >= 4 is 17.6 Å². The summed E-state index contributed by atoms with van der Waals surface area (Å²) in [6.07, 6.45) is 0. The Bertz CT molecular complexity index is 239. The number of hydrogen-bond acceptors (Lipinski definition) is 3. The van der Waals surface area contributed by atoms with Gasteiger partial charge in [-0.2, -0.15) is 0 Å². The predicted octanol–water partition coefficient (Wildman–Crippen LogP) is 1.37. The van der Waals surface area contributed by atoms with Gasteiger partial charge in [0.05, 0.1) is 0 Å². The van der Waals surface area contributed by atoms with Gasteiger partial charge in [0.25, 0.3) is 0 Å².